The lowest BCUT2D eigenvalue weighted by Gasteiger charge is -2.07. The highest BCUT2D eigenvalue weighted by Gasteiger charge is 2.12. The topological polar surface area (TPSA) is 52.6 Å². The van der Waals surface area contributed by atoms with E-state index in [0.29, 0.717) is 17.6 Å². The van der Waals surface area contributed by atoms with Gasteiger partial charge in [-0.25, -0.2) is 4.79 Å². The molecular formula is C12H12O4. The number of ether oxygens (including phenoxy) is 2. The van der Waals surface area contributed by atoms with E-state index < -0.39 is 5.97 Å². The van der Waals surface area contributed by atoms with Gasteiger partial charge < -0.3 is 9.47 Å². The van der Waals surface area contributed by atoms with E-state index in [2.05, 4.69) is 4.74 Å². The molecule has 0 aromatic heterocycles. The molecule has 0 heterocycles. The highest BCUT2D eigenvalue weighted by Crippen LogP contribution is 2.21. The van der Waals surface area contributed by atoms with Crippen molar-refractivity contribution in [2.24, 2.45) is 0 Å². The number of methoxy groups -OCH3 is 2. The Kier molecular flexibility index (Phi) is 4.27. The van der Waals surface area contributed by atoms with E-state index in [9.17, 15) is 9.59 Å². The largest absolute Gasteiger partial charge is 0.496 e. The molecule has 0 radical (unpaired) electrons. The Balaban J connectivity index is 3.15. The van der Waals surface area contributed by atoms with Gasteiger partial charge in [-0.3, -0.25) is 4.79 Å². The first-order valence-corrected chi connectivity index (χ1v) is 4.61. The molecule has 0 saturated carbocycles. The summed E-state index contributed by atoms with van der Waals surface area (Å²) in [6, 6.07) is 4.99. The average molecular weight is 220 g/mol. The van der Waals surface area contributed by atoms with Gasteiger partial charge in [-0.1, -0.05) is 12.1 Å². The van der Waals surface area contributed by atoms with E-state index in [4.69, 9.17) is 4.74 Å². The quantitative estimate of drug-likeness (QED) is 0.440. The Morgan fingerprint density at radius 1 is 1.31 bits per heavy atom. The maximum atomic E-state index is 11.4. The first kappa shape index (κ1) is 12.0. The van der Waals surface area contributed by atoms with E-state index in [1.165, 1.54) is 20.3 Å². The van der Waals surface area contributed by atoms with Gasteiger partial charge >= 0.3 is 5.97 Å². The number of allylic oxidation sites excluding steroid dienone is 1. The maximum absolute atomic E-state index is 11.4. The van der Waals surface area contributed by atoms with E-state index >= 15 is 0 Å². The number of hydrogen-bond acceptors (Lipinski definition) is 4. The zero-order valence-electron chi connectivity index (χ0n) is 9.10. The van der Waals surface area contributed by atoms with Crippen molar-refractivity contribution in [3.05, 3.63) is 35.4 Å². The van der Waals surface area contributed by atoms with Crippen molar-refractivity contribution < 1.29 is 19.1 Å². The predicted molar refractivity (Wildman–Crippen MR) is 59.4 cm³/mol. The van der Waals surface area contributed by atoms with Gasteiger partial charge in [0.25, 0.3) is 0 Å². The zero-order chi connectivity index (χ0) is 12.0. The number of benzene rings is 1. The van der Waals surface area contributed by atoms with Gasteiger partial charge in [-0.2, -0.15) is 0 Å². The SMILES string of the molecule is COC(=O)c1cc(/C=C/C=O)ccc1OC. The van der Waals surface area contributed by atoms with Crippen molar-refractivity contribution in [1.29, 1.82) is 0 Å². The molecule has 84 valence electrons. The van der Waals surface area contributed by atoms with Gasteiger partial charge in [-0.05, 0) is 23.8 Å². The molecule has 0 amide bonds. The standard InChI is InChI=1S/C12H12O4/c1-15-11-6-5-9(4-3-7-13)8-10(11)12(14)16-2/h3-8H,1-2H3/b4-3+. The summed E-state index contributed by atoms with van der Waals surface area (Å²) in [6.45, 7) is 0. The van der Waals surface area contributed by atoms with Crippen LogP contribution >= 0.6 is 0 Å². The Morgan fingerprint density at radius 3 is 2.62 bits per heavy atom. The molecule has 4 heteroatoms. The molecule has 1 rings (SSSR count). The first-order chi connectivity index (χ1) is 7.72. The minimum Gasteiger partial charge on any atom is -0.496 e. The van der Waals surface area contributed by atoms with Crippen molar-refractivity contribution in [2.75, 3.05) is 14.2 Å². The summed E-state index contributed by atoms with van der Waals surface area (Å²) in [6.07, 6.45) is 3.61. The molecule has 0 unspecified atom stereocenters. The van der Waals surface area contributed by atoms with Crippen LogP contribution in [0.2, 0.25) is 0 Å². The van der Waals surface area contributed by atoms with Gasteiger partial charge in [0.15, 0.2) is 0 Å². The summed E-state index contributed by atoms with van der Waals surface area (Å²) >= 11 is 0. The van der Waals surface area contributed by atoms with Crippen molar-refractivity contribution in [3.8, 4) is 5.75 Å². The normalized spacial score (nSPS) is 10.1. The molecule has 0 aliphatic rings. The minimum absolute atomic E-state index is 0.332. The summed E-state index contributed by atoms with van der Waals surface area (Å²) in [7, 11) is 2.78. The number of carbonyl (C=O) groups excluding carboxylic acids is 2. The van der Waals surface area contributed by atoms with Gasteiger partial charge in [0, 0.05) is 0 Å². The molecule has 0 fully saturated rings. The monoisotopic (exact) mass is 220 g/mol. The fraction of sp³-hybridized carbons (Fsp3) is 0.167. The molecule has 16 heavy (non-hydrogen) atoms. The molecule has 4 nitrogen and oxygen atoms in total. The first-order valence-electron chi connectivity index (χ1n) is 4.61. The van der Waals surface area contributed by atoms with Crippen molar-refractivity contribution in [2.45, 2.75) is 0 Å². The Bertz CT molecular complexity index is 421. The number of aldehydes is 1. The second-order valence-electron chi connectivity index (χ2n) is 2.95. The van der Waals surface area contributed by atoms with Crippen LogP contribution in [0.15, 0.2) is 24.3 Å². The highest BCUT2D eigenvalue weighted by atomic mass is 16.5. The molecule has 1 aromatic rings. The molecular weight excluding hydrogens is 208 g/mol. The van der Waals surface area contributed by atoms with Crippen LogP contribution in [0.25, 0.3) is 6.08 Å². The third-order valence-electron chi connectivity index (χ3n) is 2.00. The lowest BCUT2D eigenvalue weighted by Crippen LogP contribution is -2.04. The van der Waals surface area contributed by atoms with Crippen LogP contribution in [-0.2, 0) is 9.53 Å². The zero-order valence-corrected chi connectivity index (χ0v) is 9.10. The Labute approximate surface area is 93.5 Å². The molecule has 0 aliphatic carbocycles. The van der Waals surface area contributed by atoms with Gasteiger partial charge in [0.05, 0.1) is 14.2 Å². The van der Waals surface area contributed by atoms with Crippen molar-refractivity contribution >= 4 is 18.3 Å². The number of carbonyl (C=O) groups is 2. The lowest BCUT2D eigenvalue weighted by atomic mass is 10.1. The summed E-state index contributed by atoms with van der Waals surface area (Å²) in [5, 5.41) is 0. The van der Waals surface area contributed by atoms with Crippen LogP contribution in [0.1, 0.15) is 15.9 Å². The summed E-state index contributed by atoms with van der Waals surface area (Å²) in [4.78, 5) is 21.6. The van der Waals surface area contributed by atoms with Crippen molar-refractivity contribution in [1.82, 2.24) is 0 Å². The second kappa shape index (κ2) is 5.70. The number of rotatable bonds is 4. The van der Waals surface area contributed by atoms with Crippen LogP contribution in [-0.4, -0.2) is 26.5 Å². The van der Waals surface area contributed by atoms with E-state index in [0.717, 1.165) is 5.56 Å². The van der Waals surface area contributed by atoms with Crippen molar-refractivity contribution in [3.63, 3.8) is 0 Å². The number of hydrogen-bond donors (Lipinski definition) is 0. The van der Waals surface area contributed by atoms with Crippen LogP contribution in [0.3, 0.4) is 0 Å². The number of esters is 1. The maximum Gasteiger partial charge on any atom is 0.341 e. The third kappa shape index (κ3) is 2.70. The molecule has 0 saturated heterocycles. The second-order valence-corrected chi connectivity index (χ2v) is 2.95. The Morgan fingerprint density at radius 2 is 2.06 bits per heavy atom. The highest BCUT2D eigenvalue weighted by molar-refractivity contribution is 5.93. The lowest BCUT2D eigenvalue weighted by molar-refractivity contribution is -0.104. The minimum atomic E-state index is -0.474. The third-order valence-corrected chi connectivity index (χ3v) is 2.00. The molecule has 0 N–H and O–H groups in total. The van der Waals surface area contributed by atoms with E-state index in [1.54, 1.807) is 24.3 Å². The van der Waals surface area contributed by atoms with Gasteiger partial charge in [0.1, 0.15) is 17.6 Å². The van der Waals surface area contributed by atoms with E-state index in [1.807, 2.05) is 0 Å². The summed E-state index contributed by atoms with van der Waals surface area (Å²) in [5.41, 5.74) is 1.06. The smallest absolute Gasteiger partial charge is 0.341 e. The van der Waals surface area contributed by atoms with Crippen LogP contribution in [0, 0.1) is 0 Å². The van der Waals surface area contributed by atoms with Crippen LogP contribution in [0.5, 0.6) is 5.75 Å². The fourth-order valence-electron chi connectivity index (χ4n) is 1.25. The summed E-state index contributed by atoms with van der Waals surface area (Å²) in [5.74, 6) is -0.0340. The Hall–Kier alpha value is -2.10. The van der Waals surface area contributed by atoms with Crippen LogP contribution < -0.4 is 4.74 Å². The average Bonchev–Trinajstić information content (AvgIpc) is 2.35. The van der Waals surface area contributed by atoms with E-state index in [-0.39, 0.29) is 0 Å². The molecule has 1 aromatic carbocycles. The van der Waals surface area contributed by atoms with Crippen LogP contribution in [0.4, 0.5) is 0 Å². The molecule has 0 atom stereocenters. The molecule has 0 aliphatic heterocycles. The van der Waals surface area contributed by atoms with Gasteiger partial charge in [-0.15, -0.1) is 0 Å². The summed E-state index contributed by atoms with van der Waals surface area (Å²) < 4.78 is 9.66. The molecule has 0 bridgehead atoms. The predicted octanol–water partition coefficient (Wildman–Crippen LogP) is 1.69. The fourth-order valence-corrected chi connectivity index (χ4v) is 1.25. The van der Waals surface area contributed by atoms with Gasteiger partial charge in [0.2, 0.25) is 0 Å². The molecule has 0 spiro atoms.